The van der Waals surface area contributed by atoms with Crippen LogP contribution in [-0.2, 0) is 10.5 Å². The van der Waals surface area contributed by atoms with E-state index in [1.54, 1.807) is 18.0 Å². The van der Waals surface area contributed by atoms with Crippen molar-refractivity contribution in [3.63, 3.8) is 0 Å². The van der Waals surface area contributed by atoms with Crippen molar-refractivity contribution in [2.24, 2.45) is 11.8 Å². The number of anilines is 1. The number of aliphatic hydroxyl groups excluding tert-OH is 1. The topological polar surface area (TPSA) is 62.2 Å². The Morgan fingerprint density at radius 1 is 1.50 bits per heavy atom. The van der Waals surface area contributed by atoms with Crippen molar-refractivity contribution in [3.8, 4) is 0 Å². The molecule has 0 saturated heterocycles. The highest BCUT2D eigenvalue weighted by Crippen LogP contribution is 2.18. The van der Waals surface area contributed by atoms with Crippen molar-refractivity contribution in [3.05, 3.63) is 23.9 Å². The van der Waals surface area contributed by atoms with E-state index in [1.807, 2.05) is 19.1 Å². The minimum atomic E-state index is -0.0192. The summed E-state index contributed by atoms with van der Waals surface area (Å²) in [6, 6.07) is 3.82. The first kappa shape index (κ1) is 17.0. The maximum absolute atomic E-state index is 12.1. The summed E-state index contributed by atoms with van der Waals surface area (Å²) < 4.78 is 0. The van der Waals surface area contributed by atoms with Gasteiger partial charge < -0.3 is 10.4 Å². The van der Waals surface area contributed by atoms with Crippen LogP contribution in [0.1, 0.15) is 32.8 Å². The van der Waals surface area contributed by atoms with Crippen LogP contribution in [0, 0.1) is 11.8 Å². The molecule has 2 N–H and O–H groups in total. The van der Waals surface area contributed by atoms with Gasteiger partial charge in [-0.1, -0.05) is 27.2 Å². The van der Waals surface area contributed by atoms with Gasteiger partial charge in [-0.3, -0.25) is 4.79 Å². The molecule has 2 unspecified atom stereocenters. The van der Waals surface area contributed by atoms with Crippen molar-refractivity contribution in [2.75, 3.05) is 17.7 Å². The number of carbonyl (C=O) groups excluding carboxylic acids is 1. The van der Waals surface area contributed by atoms with Crippen molar-refractivity contribution < 1.29 is 9.90 Å². The molecule has 2 atom stereocenters. The first-order chi connectivity index (χ1) is 9.58. The molecular weight excluding hydrogens is 272 g/mol. The van der Waals surface area contributed by atoms with Gasteiger partial charge in [0.15, 0.2) is 0 Å². The maximum atomic E-state index is 12.1. The molecule has 0 aliphatic rings. The third-order valence-corrected chi connectivity index (χ3v) is 4.50. The molecule has 0 aliphatic heterocycles. The predicted octanol–water partition coefficient (Wildman–Crippen LogP) is 2.93. The zero-order chi connectivity index (χ0) is 15.0. The highest BCUT2D eigenvalue weighted by molar-refractivity contribution is 7.98. The molecular formula is C15H24N2O2S. The van der Waals surface area contributed by atoms with Gasteiger partial charge in [-0.2, -0.15) is 11.8 Å². The van der Waals surface area contributed by atoms with Gasteiger partial charge in [-0.05, 0) is 23.6 Å². The fourth-order valence-electron chi connectivity index (χ4n) is 1.74. The third kappa shape index (κ3) is 5.51. The first-order valence-electron chi connectivity index (χ1n) is 7.02. The van der Waals surface area contributed by atoms with E-state index in [4.69, 9.17) is 5.11 Å². The van der Waals surface area contributed by atoms with E-state index in [-0.39, 0.29) is 18.4 Å². The molecule has 5 heteroatoms. The van der Waals surface area contributed by atoms with Crippen molar-refractivity contribution in [1.29, 1.82) is 0 Å². The number of hydrogen-bond donors (Lipinski definition) is 2. The van der Waals surface area contributed by atoms with Crippen molar-refractivity contribution >= 4 is 23.5 Å². The lowest BCUT2D eigenvalue weighted by molar-refractivity contribution is -0.120. The third-order valence-electron chi connectivity index (χ3n) is 3.49. The highest BCUT2D eigenvalue weighted by atomic mass is 32.2. The lowest BCUT2D eigenvalue weighted by Gasteiger charge is -2.17. The molecule has 4 nitrogen and oxygen atoms in total. The number of carbonyl (C=O) groups is 1. The van der Waals surface area contributed by atoms with Crippen LogP contribution in [0.2, 0.25) is 0 Å². The molecule has 0 spiro atoms. The van der Waals surface area contributed by atoms with E-state index in [1.165, 1.54) is 0 Å². The monoisotopic (exact) mass is 296 g/mol. The number of hydrogen-bond acceptors (Lipinski definition) is 4. The molecule has 0 bridgehead atoms. The van der Waals surface area contributed by atoms with Crippen LogP contribution >= 0.6 is 11.8 Å². The summed E-state index contributed by atoms with van der Waals surface area (Å²) in [5.41, 5.74) is 1.10. The van der Waals surface area contributed by atoms with Crippen LogP contribution in [0.15, 0.2) is 18.3 Å². The number of rotatable bonds is 8. The van der Waals surface area contributed by atoms with Crippen molar-refractivity contribution in [1.82, 2.24) is 4.98 Å². The number of nitrogens with one attached hydrogen (secondary N) is 1. The molecule has 0 aromatic carbocycles. The second kappa shape index (κ2) is 8.97. The number of amides is 1. The summed E-state index contributed by atoms with van der Waals surface area (Å²) in [6.07, 6.45) is 2.69. The lowest BCUT2D eigenvalue weighted by atomic mass is 9.93. The molecule has 0 aliphatic carbocycles. The Balaban J connectivity index is 2.59. The summed E-state index contributed by atoms with van der Waals surface area (Å²) in [4.78, 5) is 16.3. The Labute approximate surface area is 125 Å². The summed E-state index contributed by atoms with van der Waals surface area (Å²) in [5, 5.41) is 11.6. The van der Waals surface area contributed by atoms with Crippen LogP contribution in [0.3, 0.4) is 0 Å². The fraction of sp³-hybridized carbons (Fsp3) is 0.600. The number of thioether (sulfide) groups is 1. The lowest BCUT2D eigenvalue weighted by Crippen LogP contribution is -2.25. The van der Waals surface area contributed by atoms with Crippen LogP contribution < -0.4 is 5.32 Å². The zero-order valence-electron chi connectivity index (χ0n) is 12.4. The molecule has 1 heterocycles. The van der Waals surface area contributed by atoms with Crippen LogP contribution in [0.5, 0.6) is 0 Å². The maximum Gasteiger partial charge on any atom is 0.228 e. The molecule has 112 valence electrons. The first-order valence-corrected chi connectivity index (χ1v) is 8.18. The largest absolute Gasteiger partial charge is 0.396 e. The summed E-state index contributed by atoms with van der Waals surface area (Å²) in [7, 11) is 0. The summed E-state index contributed by atoms with van der Waals surface area (Å²) in [5.74, 6) is 2.49. The minimum Gasteiger partial charge on any atom is -0.396 e. The standard InChI is InChI=1S/C15H24N2O2S/c1-4-11(2)12(3)15(19)17-14-9-13(5-6-16-14)10-20-8-7-18/h5-6,9,11-12,18H,4,7-8,10H2,1-3H3,(H,16,17,19). The van der Waals surface area contributed by atoms with Gasteiger partial charge in [0.05, 0.1) is 6.61 Å². The van der Waals surface area contributed by atoms with Gasteiger partial charge in [0.2, 0.25) is 5.91 Å². The van der Waals surface area contributed by atoms with Crippen LogP contribution in [-0.4, -0.2) is 28.4 Å². The Kier molecular flexibility index (Phi) is 7.62. The average molecular weight is 296 g/mol. The Morgan fingerprint density at radius 2 is 2.25 bits per heavy atom. The molecule has 0 saturated carbocycles. The Bertz CT molecular complexity index is 426. The SMILES string of the molecule is CCC(C)C(C)C(=O)Nc1cc(CSCCO)ccn1. The molecule has 0 radical (unpaired) electrons. The molecule has 0 fully saturated rings. The average Bonchev–Trinajstić information content (AvgIpc) is 2.46. The van der Waals surface area contributed by atoms with Crippen LogP contribution in [0.4, 0.5) is 5.82 Å². The van der Waals surface area contributed by atoms with Gasteiger partial charge in [-0.15, -0.1) is 0 Å². The van der Waals surface area contributed by atoms with E-state index < -0.39 is 0 Å². The van der Waals surface area contributed by atoms with E-state index >= 15 is 0 Å². The van der Waals surface area contributed by atoms with E-state index in [2.05, 4.69) is 24.1 Å². The number of nitrogens with zero attached hydrogens (tertiary/aromatic N) is 1. The van der Waals surface area contributed by atoms with Crippen LogP contribution in [0.25, 0.3) is 0 Å². The predicted molar refractivity (Wildman–Crippen MR) is 84.7 cm³/mol. The molecule has 1 aromatic rings. The Hall–Kier alpha value is -1.07. The Morgan fingerprint density at radius 3 is 2.90 bits per heavy atom. The van der Waals surface area contributed by atoms with E-state index in [0.717, 1.165) is 23.5 Å². The van der Waals surface area contributed by atoms with Gasteiger partial charge in [0.25, 0.3) is 0 Å². The van der Waals surface area contributed by atoms with E-state index in [0.29, 0.717) is 11.7 Å². The smallest absolute Gasteiger partial charge is 0.228 e. The summed E-state index contributed by atoms with van der Waals surface area (Å²) >= 11 is 1.66. The van der Waals surface area contributed by atoms with Gasteiger partial charge >= 0.3 is 0 Å². The van der Waals surface area contributed by atoms with E-state index in [9.17, 15) is 4.79 Å². The molecule has 1 amide bonds. The normalized spacial score (nSPS) is 13.8. The second-order valence-electron chi connectivity index (χ2n) is 4.99. The quantitative estimate of drug-likeness (QED) is 0.724. The summed E-state index contributed by atoms with van der Waals surface area (Å²) in [6.45, 7) is 6.31. The highest BCUT2D eigenvalue weighted by Gasteiger charge is 2.19. The molecule has 1 aromatic heterocycles. The number of aromatic nitrogens is 1. The number of pyridine rings is 1. The van der Waals surface area contributed by atoms with Crippen molar-refractivity contribution in [2.45, 2.75) is 32.9 Å². The zero-order valence-corrected chi connectivity index (χ0v) is 13.2. The molecule has 1 rings (SSSR count). The van der Waals surface area contributed by atoms with Gasteiger partial charge in [0.1, 0.15) is 5.82 Å². The van der Waals surface area contributed by atoms with Gasteiger partial charge in [-0.25, -0.2) is 4.98 Å². The number of aliphatic hydroxyl groups is 1. The fourth-order valence-corrected chi connectivity index (χ4v) is 2.43. The second-order valence-corrected chi connectivity index (χ2v) is 6.09. The minimum absolute atomic E-state index is 0.0192. The van der Waals surface area contributed by atoms with Gasteiger partial charge in [0, 0.05) is 23.6 Å². The molecule has 20 heavy (non-hydrogen) atoms.